The maximum atomic E-state index is 6.35. The van der Waals surface area contributed by atoms with Gasteiger partial charge in [-0.2, -0.15) is 0 Å². The van der Waals surface area contributed by atoms with Crippen LogP contribution in [0.5, 0.6) is 0 Å². The van der Waals surface area contributed by atoms with E-state index < -0.39 is 0 Å². The van der Waals surface area contributed by atoms with E-state index in [4.69, 9.17) is 14.4 Å². The minimum absolute atomic E-state index is 0.720. The predicted molar refractivity (Wildman–Crippen MR) is 187 cm³/mol. The molecule has 4 nitrogen and oxygen atoms in total. The second-order valence-corrected chi connectivity index (χ2v) is 12.4. The van der Waals surface area contributed by atoms with Crippen LogP contribution in [0.2, 0.25) is 0 Å². The average Bonchev–Trinajstić information content (AvgIpc) is 3.78. The number of furan rings is 1. The first kappa shape index (κ1) is 24.6. The quantitative estimate of drug-likeness (QED) is 0.205. The number of hydrogen-bond donors (Lipinski definition) is 0. The SMILES string of the molecule is c1ccc(-c2nc(-c3cccc4oc5ccccc5c34)c3c(n2)sc2ccc4c(c5ccccc5n4-c4ccccc4)c23)cc1. The molecular weight excluding hydrogens is 571 g/mol. The van der Waals surface area contributed by atoms with E-state index in [1.54, 1.807) is 11.3 Å². The zero-order valence-electron chi connectivity index (χ0n) is 23.9. The van der Waals surface area contributed by atoms with Gasteiger partial charge < -0.3 is 8.98 Å². The Balaban J connectivity index is 1.42. The molecule has 10 aromatic rings. The molecule has 0 amide bonds. The predicted octanol–water partition coefficient (Wildman–Crippen LogP) is 11.2. The van der Waals surface area contributed by atoms with Crippen molar-refractivity contribution < 1.29 is 4.42 Å². The van der Waals surface area contributed by atoms with Crippen LogP contribution in [0.1, 0.15) is 0 Å². The molecule has 0 fully saturated rings. The third-order valence-corrected chi connectivity index (χ3v) is 9.89. The third-order valence-electron chi connectivity index (χ3n) is 8.84. The summed E-state index contributed by atoms with van der Waals surface area (Å²) in [5.41, 5.74) is 8.17. The van der Waals surface area contributed by atoms with Gasteiger partial charge in [0, 0.05) is 53.8 Å². The second kappa shape index (κ2) is 9.36. The van der Waals surface area contributed by atoms with E-state index >= 15 is 0 Å². The number of thiophene rings is 1. The Morgan fingerprint density at radius 2 is 1.24 bits per heavy atom. The Bertz CT molecular complexity index is 2760. The lowest BCUT2D eigenvalue weighted by Gasteiger charge is -2.10. The van der Waals surface area contributed by atoms with E-state index in [9.17, 15) is 0 Å². The van der Waals surface area contributed by atoms with E-state index in [1.807, 2.05) is 36.4 Å². The summed E-state index contributed by atoms with van der Waals surface area (Å²) in [5.74, 6) is 0.720. The molecule has 0 bridgehead atoms. The molecule has 0 spiro atoms. The monoisotopic (exact) mass is 593 g/mol. The van der Waals surface area contributed by atoms with Crippen molar-refractivity contribution in [3.8, 4) is 28.3 Å². The number of benzene rings is 6. The topological polar surface area (TPSA) is 43.9 Å². The fourth-order valence-corrected chi connectivity index (χ4v) is 8.04. The first-order valence-corrected chi connectivity index (χ1v) is 15.8. The van der Waals surface area contributed by atoms with Crippen LogP contribution in [0.4, 0.5) is 0 Å². The molecule has 4 aromatic heterocycles. The van der Waals surface area contributed by atoms with Crippen LogP contribution in [-0.2, 0) is 0 Å². The van der Waals surface area contributed by atoms with Crippen LogP contribution in [0, 0.1) is 0 Å². The van der Waals surface area contributed by atoms with Crippen LogP contribution in [0.3, 0.4) is 0 Å². The molecule has 0 saturated heterocycles. The number of aromatic nitrogens is 3. The van der Waals surface area contributed by atoms with Crippen LogP contribution in [-0.4, -0.2) is 14.5 Å². The molecule has 0 radical (unpaired) electrons. The summed E-state index contributed by atoms with van der Waals surface area (Å²) in [6.45, 7) is 0. The highest BCUT2D eigenvalue weighted by atomic mass is 32.1. The van der Waals surface area contributed by atoms with Gasteiger partial charge in [-0.25, -0.2) is 9.97 Å². The molecule has 0 aliphatic rings. The first-order chi connectivity index (χ1) is 22.3. The summed E-state index contributed by atoms with van der Waals surface area (Å²) in [6.07, 6.45) is 0. The van der Waals surface area contributed by atoms with Crippen LogP contribution < -0.4 is 0 Å². The van der Waals surface area contributed by atoms with Crippen LogP contribution in [0.25, 0.3) is 92.4 Å². The standard InChI is InChI=1S/C40H23N3OS/c1-3-12-24(13-4-1)39-41-38(28-18-11-21-32-34(28)27-17-8-10-20-31(27)44-32)37-36-33(45-40(37)42-39)23-22-30-35(36)26-16-7-9-19-29(26)43(30)25-14-5-2-6-15-25/h1-23H. The van der Waals surface area contributed by atoms with Crippen molar-refractivity contribution in [3.63, 3.8) is 0 Å². The first-order valence-electron chi connectivity index (χ1n) is 15.0. The van der Waals surface area contributed by atoms with E-state index in [0.29, 0.717) is 0 Å². The minimum atomic E-state index is 0.720. The molecule has 210 valence electrons. The van der Waals surface area contributed by atoms with E-state index in [-0.39, 0.29) is 0 Å². The van der Waals surface area contributed by atoms with E-state index in [1.165, 1.54) is 31.9 Å². The van der Waals surface area contributed by atoms with Gasteiger partial charge in [0.25, 0.3) is 0 Å². The molecule has 0 aliphatic heterocycles. The van der Waals surface area contributed by atoms with Gasteiger partial charge in [-0.05, 0) is 42.5 Å². The number of hydrogen-bond acceptors (Lipinski definition) is 4. The Morgan fingerprint density at radius 3 is 2.11 bits per heavy atom. The van der Waals surface area contributed by atoms with Crippen molar-refractivity contribution in [3.05, 3.63) is 140 Å². The Hall–Kier alpha value is -5.78. The van der Waals surface area contributed by atoms with Crippen LogP contribution in [0.15, 0.2) is 144 Å². The zero-order valence-corrected chi connectivity index (χ0v) is 24.8. The summed E-state index contributed by atoms with van der Waals surface area (Å²) in [7, 11) is 0. The van der Waals surface area contributed by atoms with E-state index in [0.717, 1.165) is 60.5 Å². The largest absolute Gasteiger partial charge is 0.456 e. The fraction of sp³-hybridized carbons (Fsp3) is 0. The van der Waals surface area contributed by atoms with E-state index in [2.05, 4.69) is 108 Å². The molecule has 0 atom stereocenters. The van der Waals surface area contributed by atoms with Crippen molar-refractivity contribution in [2.45, 2.75) is 0 Å². The number of rotatable bonds is 3. The molecule has 6 aromatic carbocycles. The molecular formula is C40H23N3OS. The van der Waals surface area contributed by atoms with Gasteiger partial charge in [0.05, 0.1) is 16.7 Å². The molecule has 0 saturated carbocycles. The fourth-order valence-electron chi connectivity index (χ4n) is 6.96. The average molecular weight is 594 g/mol. The summed E-state index contributed by atoms with van der Waals surface area (Å²) in [6, 6.07) is 48.7. The van der Waals surface area contributed by atoms with Gasteiger partial charge in [0.1, 0.15) is 16.0 Å². The van der Waals surface area contributed by atoms with Crippen molar-refractivity contribution in [1.82, 2.24) is 14.5 Å². The normalized spacial score (nSPS) is 12.0. The molecule has 5 heteroatoms. The van der Waals surface area contributed by atoms with Gasteiger partial charge in [0.15, 0.2) is 5.82 Å². The number of nitrogens with zero attached hydrogens (tertiary/aromatic N) is 3. The van der Waals surface area contributed by atoms with Crippen molar-refractivity contribution in [2.24, 2.45) is 0 Å². The third kappa shape index (κ3) is 3.53. The minimum Gasteiger partial charge on any atom is -0.456 e. The highest BCUT2D eigenvalue weighted by Crippen LogP contribution is 2.47. The van der Waals surface area contributed by atoms with Gasteiger partial charge in [-0.15, -0.1) is 11.3 Å². The molecule has 4 heterocycles. The molecule has 0 unspecified atom stereocenters. The number of para-hydroxylation sites is 3. The lowest BCUT2D eigenvalue weighted by atomic mass is 9.98. The smallest absolute Gasteiger partial charge is 0.161 e. The van der Waals surface area contributed by atoms with Gasteiger partial charge >= 0.3 is 0 Å². The molecule has 45 heavy (non-hydrogen) atoms. The Morgan fingerprint density at radius 1 is 0.511 bits per heavy atom. The maximum absolute atomic E-state index is 6.35. The Labute approximate surface area is 261 Å². The highest BCUT2D eigenvalue weighted by molar-refractivity contribution is 7.25. The summed E-state index contributed by atoms with van der Waals surface area (Å²) < 4.78 is 9.91. The van der Waals surface area contributed by atoms with Gasteiger partial charge in [0.2, 0.25) is 0 Å². The van der Waals surface area contributed by atoms with Gasteiger partial charge in [-0.3, -0.25) is 0 Å². The van der Waals surface area contributed by atoms with Crippen molar-refractivity contribution in [1.29, 1.82) is 0 Å². The van der Waals surface area contributed by atoms with Gasteiger partial charge in [-0.1, -0.05) is 97.1 Å². The number of fused-ring (bicyclic) bond motifs is 10. The zero-order chi connectivity index (χ0) is 29.5. The summed E-state index contributed by atoms with van der Waals surface area (Å²) in [5, 5.41) is 6.87. The molecule has 0 aliphatic carbocycles. The maximum Gasteiger partial charge on any atom is 0.161 e. The molecule has 0 N–H and O–H groups in total. The lowest BCUT2D eigenvalue weighted by Crippen LogP contribution is -1.94. The van der Waals surface area contributed by atoms with Crippen molar-refractivity contribution in [2.75, 3.05) is 0 Å². The highest BCUT2D eigenvalue weighted by Gasteiger charge is 2.24. The van der Waals surface area contributed by atoms with Crippen LogP contribution >= 0.6 is 11.3 Å². The molecule has 10 rings (SSSR count). The van der Waals surface area contributed by atoms with Crippen molar-refractivity contribution >= 4 is 75.4 Å². The summed E-state index contributed by atoms with van der Waals surface area (Å²) in [4.78, 5) is 11.6. The summed E-state index contributed by atoms with van der Waals surface area (Å²) >= 11 is 1.74. The lowest BCUT2D eigenvalue weighted by molar-refractivity contribution is 0.669. The second-order valence-electron chi connectivity index (χ2n) is 11.3. The Kier molecular flexibility index (Phi) is 5.12.